The summed E-state index contributed by atoms with van der Waals surface area (Å²) < 4.78 is 10.6. The van der Waals surface area contributed by atoms with Crippen LogP contribution in [0.2, 0.25) is 0 Å². The van der Waals surface area contributed by atoms with Gasteiger partial charge in [0.05, 0.1) is 34.3 Å². The van der Waals surface area contributed by atoms with E-state index in [0.717, 1.165) is 0 Å². The van der Waals surface area contributed by atoms with E-state index in [1.165, 1.54) is 23.8 Å². The number of nitrogens with zero attached hydrogens (tertiary/aromatic N) is 2. The molecule has 0 atom stereocenters. The average Bonchev–Trinajstić information content (AvgIpc) is 2.99. The minimum atomic E-state index is -0.389. The molecule has 7 nitrogen and oxygen atoms in total. The van der Waals surface area contributed by atoms with Crippen molar-refractivity contribution >= 4 is 56.5 Å². The first kappa shape index (κ1) is 21.9. The lowest BCUT2D eigenvalue weighted by Gasteiger charge is -2.07. The van der Waals surface area contributed by atoms with Crippen LogP contribution in [0.4, 0.5) is 5.69 Å². The van der Waals surface area contributed by atoms with Crippen molar-refractivity contribution in [1.29, 1.82) is 0 Å². The molecule has 0 saturated carbocycles. The van der Waals surface area contributed by atoms with Gasteiger partial charge < -0.3 is 14.6 Å². The molecule has 2 aromatic carbocycles. The third-order valence-corrected chi connectivity index (χ3v) is 5.84. The number of thioether (sulfide) groups is 1. The number of hydrogen-bond acceptors (Lipinski definition) is 7. The molecule has 2 aromatic rings. The third-order valence-electron chi connectivity index (χ3n) is 4.18. The van der Waals surface area contributed by atoms with Crippen LogP contribution in [0.3, 0.4) is 0 Å². The molecule has 0 aliphatic carbocycles. The van der Waals surface area contributed by atoms with Crippen molar-refractivity contribution in [3.63, 3.8) is 0 Å². The van der Waals surface area contributed by atoms with Gasteiger partial charge in [-0.1, -0.05) is 0 Å². The molecule has 0 spiro atoms. The molecule has 0 bridgehead atoms. The number of halogens is 1. The number of likely N-dealkylation sites (N-methyl/N-ethyl adjacent to an activating group) is 1. The van der Waals surface area contributed by atoms with Crippen LogP contribution < -0.4 is 4.74 Å². The minimum absolute atomic E-state index is 0.00399. The molecule has 1 aliphatic rings. The highest BCUT2D eigenvalue weighted by atomic mass is 79.9. The summed E-state index contributed by atoms with van der Waals surface area (Å²) in [7, 11) is 3.11. The standard InChI is InChI=1S/C21H19BrN2O5S/c1-4-29-20(27)13-5-7-14(8-6-13)23-21-24(2)19(26)17(30-21)11-12-9-15(22)18(25)16(10-12)28-3/h5-11,25H,4H2,1-3H3. The third kappa shape index (κ3) is 4.68. The van der Waals surface area contributed by atoms with Gasteiger partial charge in [-0.05, 0) is 82.7 Å². The Hall–Kier alpha value is -2.78. The van der Waals surface area contributed by atoms with Crippen LogP contribution >= 0.6 is 27.7 Å². The number of benzene rings is 2. The number of methoxy groups -OCH3 is 1. The van der Waals surface area contributed by atoms with Crippen LogP contribution in [-0.4, -0.2) is 47.8 Å². The molecule has 0 radical (unpaired) electrons. The Bertz CT molecular complexity index is 1050. The quantitative estimate of drug-likeness (QED) is 0.487. The molecule has 1 N–H and O–H groups in total. The Morgan fingerprint density at radius 1 is 1.30 bits per heavy atom. The number of phenols is 1. The van der Waals surface area contributed by atoms with Crippen LogP contribution in [0.1, 0.15) is 22.8 Å². The van der Waals surface area contributed by atoms with E-state index < -0.39 is 0 Å². The molecule has 1 aliphatic heterocycles. The number of hydrogen-bond donors (Lipinski definition) is 1. The van der Waals surface area contributed by atoms with Crippen LogP contribution in [0, 0.1) is 0 Å². The zero-order chi connectivity index (χ0) is 21.8. The fourth-order valence-electron chi connectivity index (χ4n) is 2.63. The zero-order valence-corrected chi connectivity index (χ0v) is 18.9. The van der Waals surface area contributed by atoms with E-state index in [2.05, 4.69) is 20.9 Å². The maximum absolute atomic E-state index is 12.6. The summed E-state index contributed by atoms with van der Waals surface area (Å²) in [6.45, 7) is 2.06. The van der Waals surface area contributed by atoms with E-state index in [0.29, 0.717) is 43.7 Å². The van der Waals surface area contributed by atoms with Gasteiger partial charge in [0.2, 0.25) is 0 Å². The fraction of sp³-hybridized carbons (Fsp3) is 0.190. The van der Waals surface area contributed by atoms with Gasteiger partial charge in [0.1, 0.15) is 0 Å². The molecular formula is C21H19BrN2O5S. The topological polar surface area (TPSA) is 88.4 Å². The second-order valence-corrected chi connectivity index (χ2v) is 8.05. The molecule has 0 aromatic heterocycles. The van der Waals surface area contributed by atoms with Gasteiger partial charge in [-0.2, -0.15) is 0 Å². The van der Waals surface area contributed by atoms with E-state index in [1.807, 2.05) is 0 Å². The van der Waals surface area contributed by atoms with Gasteiger partial charge in [-0.25, -0.2) is 9.79 Å². The van der Waals surface area contributed by atoms with Crippen LogP contribution in [0.15, 0.2) is 50.8 Å². The number of phenolic OH excluding ortho intramolecular Hbond substituents is 1. The summed E-state index contributed by atoms with van der Waals surface area (Å²) in [5.41, 5.74) is 1.75. The Morgan fingerprint density at radius 2 is 2.00 bits per heavy atom. The predicted octanol–water partition coefficient (Wildman–Crippen LogP) is 4.57. The van der Waals surface area contributed by atoms with Gasteiger partial charge in [0, 0.05) is 7.05 Å². The van der Waals surface area contributed by atoms with Crippen molar-refractivity contribution < 1.29 is 24.2 Å². The van der Waals surface area contributed by atoms with Crippen LogP contribution in [0.5, 0.6) is 11.5 Å². The number of amides is 1. The lowest BCUT2D eigenvalue weighted by Crippen LogP contribution is -2.23. The SMILES string of the molecule is CCOC(=O)c1ccc(N=C2SC(=Cc3cc(Br)c(O)c(OC)c3)C(=O)N2C)cc1. The second kappa shape index (κ2) is 9.36. The molecule has 30 heavy (non-hydrogen) atoms. The lowest BCUT2D eigenvalue weighted by atomic mass is 10.2. The first-order valence-electron chi connectivity index (χ1n) is 8.94. The number of esters is 1. The smallest absolute Gasteiger partial charge is 0.338 e. The highest BCUT2D eigenvalue weighted by Gasteiger charge is 2.30. The number of carbonyl (C=O) groups is 2. The summed E-state index contributed by atoms with van der Waals surface area (Å²) in [4.78, 5) is 30.8. The van der Waals surface area contributed by atoms with Crippen molar-refractivity contribution in [2.24, 2.45) is 4.99 Å². The summed E-state index contributed by atoms with van der Waals surface area (Å²) in [6.07, 6.45) is 1.71. The van der Waals surface area contributed by atoms with Crippen LogP contribution in [0.25, 0.3) is 6.08 Å². The average molecular weight is 491 g/mol. The van der Waals surface area contributed by atoms with Crippen LogP contribution in [-0.2, 0) is 9.53 Å². The van der Waals surface area contributed by atoms with Crippen molar-refractivity contribution in [2.45, 2.75) is 6.92 Å². The van der Waals surface area contributed by atoms with E-state index >= 15 is 0 Å². The minimum Gasteiger partial charge on any atom is -0.503 e. The largest absolute Gasteiger partial charge is 0.503 e. The maximum Gasteiger partial charge on any atom is 0.338 e. The van der Waals surface area contributed by atoms with Gasteiger partial charge in [-0.15, -0.1) is 0 Å². The number of rotatable bonds is 5. The predicted molar refractivity (Wildman–Crippen MR) is 120 cm³/mol. The molecule has 1 saturated heterocycles. The highest BCUT2D eigenvalue weighted by Crippen LogP contribution is 2.38. The normalized spacial score (nSPS) is 16.4. The van der Waals surface area contributed by atoms with Crippen molar-refractivity contribution in [1.82, 2.24) is 4.90 Å². The highest BCUT2D eigenvalue weighted by molar-refractivity contribution is 9.10. The van der Waals surface area contributed by atoms with Gasteiger partial charge in [0.15, 0.2) is 16.7 Å². The van der Waals surface area contributed by atoms with Crippen molar-refractivity contribution in [3.8, 4) is 11.5 Å². The van der Waals surface area contributed by atoms with E-state index in [-0.39, 0.29) is 17.6 Å². The number of aromatic hydroxyl groups is 1. The molecule has 1 heterocycles. The summed E-state index contributed by atoms with van der Waals surface area (Å²) >= 11 is 4.51. The lowest BCUT2D eigenvalue weighted by molar-refractivity contribution is -0.121. The summed E-state index contributed by atoms with van der Waals surface area (Å²) in [5.74, 6) is -0.281. The fourth-order valence-corrected chi connectivity index (χ4v) is 4.08. The van der Waals surface area contributed by atoms with E-state index in [9.17, 15) is 14.7 Å². The van der Waals surface area contributed by atoms with Crippen molar-refractivity contribution in [3.05, 3.63) is 56.9 Å². The summed E-state index contributed by atoms with van der Waals surface area (Å²) in [6, 6.07) is 10.0. The molecule has 1 fully saturated rings. The number of carbonyl (C=O) groups excluding carboxylic acids is 2. The van der Waals surface area contributed by atoms with Gasteiger partial charge in [-0.3, -0.25) is 9.69 Å². The maximum atomic E-state index is 12.6. The van der Waals surface area contributed by atoms with Gasteiger partial charge in [0.25, 0.3) is 5.91 Å². The molecule has 9 heteroatoms. The Kier molecular flexibility index (Phi) is 6.84. The van der Waals surface area contributed by atoms with Gasteiger partial charge >= 0.3 is 5.97 Å². The first-order chi connectivity index (χ1) is 14.3. The summed E-state index contributed by atoms with van der Waals surface area (Å²) in [5, 5.41) is 10.5. The number of amidine groups is 1. The molecule has 3 rings (SSSR count). The molecular weight excluding hydrogens is 472 g/mol. The molecule has 156 valence electrons. The Labute approximate surface area is 186 Å². The van der Waals surface area contributed by atoms with E-state index in [1.54, 1.807) is 56.4 Å². The molecule has 0 unspecified atom stereocenters. The molecule has 1 amide bonds. The second-order valence-electron chi connectivity index (χ2n) is 6.19. The van der Waals surface area contributed by atoms with Crippen molar-refractivity contribution in [2.75, 3.05) is 20.8 Å². The Morgan fingerprint density at radius 3 is 2.63 bits per heavy atom. The first-order valence-corrected chi connectivity index (χ1v) is 10.5. The van der Waals surface area contributed by atoms with E-state index in [4.69, 9.17) is 9.47 Å². The Balaban J connectivity index is 1.85. The monoisotopic (exact) mass is 490 g/mol. The zero-order valence-electron chi connectivity index (χ0n) is 16.5. The number of aliphatic imine (C=N–C) groups is 1. The number of ether oxygens (including phenoxy) is 2.